The molecule has 3 heteroatoms. The van der Waals surface area contributed by atoms with Crippen LogP contribution in [0.25, 0.3) is 0 Å². The normalized spacial score (nSPS) is 19.2. The number of halogens is 1. The van der Waals surface area contributed by atoms with Crippen molar-refractivity contribution in [2.45, 2.75) is 44.9 Å². The standard InChI is InChI=1S/C15H20BrNO/c16-15-7-12(8-17-14-5-6-14)3-4-13(15)10-18-9-11-1-2-11/h3-4,7,11,14,17H,1-2,5-6,8-10H2. The van der Waals surface area contributed by atoms with Crippen molar-refractivity contribution in [3.05, 3.63) is 33.8 Å². The van der Waals surface area contributed by atoms with Crippen molar-refractivity contribution in [1.29, 1.82) is 0 Å². The lowest BCUT2D eigenvalue weighted by atomic mass is 10.1. The van der Waals surface area contributed by atoms with Gasteiger partial charge in [0.2, 0.25) is 0 Å². The minimum atomic E-state index is 0.730. The first-order chi connectivity index (χ1) is 8.81. The number of hydrogen-bond donors (Lipinski definition) is 1. The Balaban J connectivity index is 1.49. The molecule has 0 atom stereocenters. The molecule has 0 aliphatic heterocycles. The molecular formula is C15H20BrNO. The van der Waals surface area contributed by atoms with Gasteiger partial charge in [0.25, 0.3) is 0 Å². The molecule has 0 amide bonds. The van der Waals surface area contributed by atoms with Gasteiger partial charge in [0.05, 0.1) is 6.61 Å². The van der Waals surface area contributed by atoms with Crippen LogP contribution in [0.3, 0.4) is 0 Å². The van der Waals surface area contributed by atoms with Crippen LogP contribution in [0.4, 0.5) is 0 Å². The lowest BCUT2D eigenvalue weighted by Gasteiger charge is -2.09. The average Bonchev–Trinajstić information content (AvgIpc) is 3.24. The molecule has 0 unspecified atom stereocenters. The summed E-state index contributed by atoms with van der Waals surface area (Å²) in [6.07, 6.45) is 5.39. The third-order valence-electron chi connectivity index (χ3n) is 3.60. The zero-order valence-corrected chi connectivity index (χ0v) is 12.2. The quantitative estimate of drug-likeness (QED) is 0.830. The third-order valence-corrected chi connectivity index (χ3v) is 4.34. The maximum Gasteiger partial charge on any atom is 0.0727 e. The summed E-state index contributed by atoms with van der Waals surface area (Å²) in [5.74, 6) is 0.839. The van der Waals surface area contributed by atoms with Crippen LogP contribution in [0.2, 0.25) is 0 Å². The Morgan fingerprint density at radius 3 is 2.72 bits per heavy atom. The SMILES string of the molecule is Brc1cc(CNC2CC2)ccc1COCC1CC1. The van der Waals surface area contributed by atoms with Crippen molar-refractivity contribution in [3.63, 3.8) is 0 Å². The van der Waals surface area contributed by atoms with E-state index in [-0.39, 0.29) is 0 Å². The molecule has 0 spiro atoms. The molecule has 1 aromatic carbocycles. The van der Waals surface area contributed by atoms with Crippen molar-refractivity contribution in [2.24, 2.45) is 5.92 Å². The molecule has 18 heavy (non-hydrogen) atoms. The van der Waals surface area contributed by atoms with Gasteiger partial charge in [-0.15, -0.1) is 0 Å². The molecule has 2 aliphatic carbocycles. The molecule has 0 heterocycles. The van der Waals surface area contributed by atoms with E-state index in [4.69, 9.17) is 4.74 Å². The van der Waals surface area contributed by atoms with Crippen LogP contribution in [0, 0.1) is 5.92 Å². The van der Waals surface area contributed by atoms with E-state index in [1.807, 2.05) is 0 Å². The second-order valence-electron chi connectivity index (χ2n) is 5.54. The zero-order valence-electron chi connectivity index (χ0n) is 10.6. The van der Waals surface area contributed by atoms with Gasteiger partial charge in [-0.2, -0.15) is 0 Å². The number of hydrogen-bond acceptors (Lipinski definition) is 2. The summed E-state index contributed by atoms with van der Waals surface area (Å²) in [6.45, 7) is 2.64. The van der Waals surface area contributed by atoms with Crippen LogP contribution in [0.5, 0.6) is 0 Å². The zero-order chi connectivity index (χ0) is 12.4. The Kier molecular flexibility index (Phi) is 4.02. The fourth-order valence-corrected chi connectivity index (χ4v) is 2.53. The average molecular weight is 310 g/mol. The van der Waals surface area contributed by atoms with Gasteiger partial charge in [-0.05, 0) is 48.8 Å². The highest BCUT2D eigenvalue weighted by Gasteiger charge is 2.21. The molecule has 0 saturated heterocycles. The maximum atomic E-state index is 5.73. The molecule has 2 saturated carbocycles. The number of ether oxygens (including phenoxy) is 1. The van der Waals surface area contributed by atoms with Crippen LogP contribution >= 0.6 is 15.9 Å². The Bertz CT molecular complexity index is 413. The first-order valence-electron chi connectivity index (χ1n) is 6.89. The predicted octanol–water partition coefficient (Wildman–Crippen LogP) is 3.63. The molecule has 2 fully saturated rings. The molecule has 2 nitrogen and oxygen atoms in total. The van der Waals surface area contributed by atoms with Gasteiger partial charge in [0.1, 0.15) is 0 Å². The fraction of sp³-hybridized carbons (Fsp3) is 0.600. The van der Waals surface area contributed by atoms with Gasteiger partial charge in [-0.25, -0.2) is 0 Å². The molecular weight excluding hydrogens is 290 g/mol. The fourth-order valence-electron chi connectivity index (χ4n) is 1.99. The highest BCUT2D eigenvalue weighted by molar-refractivity contribution is 9.10. The lowest BCUT2D eigenvalue weighted by Crippen LogP contribution is -2.15. The van der Waals surface area contributed by atoms with E-state index in [0.717, 1.165) is 31.7 Å². The summed E-state index contributed by atoms with van der Waals surface area (Å²) < 4.78 is 6.90. The van der Waals surface area contributed by atoms with Crippen LogP contribution < -0.4 is 5.32 Å². The summed E-state index contributed by atoms with van der Waals surface area (Å²) in [7, 11) is 0. The maximum absolute atomic E-state index is 5.73. The van der Waals surface area contributed by atoms with E-state index in [2.05, 4.69) is 39.4 Å². The summed E-state index contributed by atoms with van der Waals surface area (Å²) in [5, 5.41) is 3.53. The Morgan fingerprint density at radius 1 is 1.22 bits per heavy atom. The minimum Gasteiger partial charge on any atom is -0.376 e. The van der Waals surface area contributed by atoms with Crippen LogP contribution in [-0.4, -0.2) is 12.6 Å². The van der Waals surface area contributed by atoms with Gasteiger partial charge in [0.15, 0.2) is 0 Å². The topological polar surface area (TPSA) is 21.3 Å². The van der Waals surface area contributed by atoms with E-state index < -0.39 is 0 Å². The predicted molar refractivity (Wildman–Crippen MR) is 76.4 cm³/mol. The van der Waals surface area contributed by atoms with Crippen molar-refractivity contribution in [2.75, 3.05) is 6.61 Å². The summed E-state index contributed by atoms with van der Waals surface area (Å²) in [6, 6.07) is 7.37. The van der Waals surface area contributed by atoms with Crippen molar-refractivity contribution >= 4 is 15.9 Å². The van der Waals surface area contributed by atoms with E-state index in [1.165, 1.54) is 41.3 Å². The summed E-state index contributed by atoms with van der Waals surface area (Å²) in [4.78, 5) is 0. The van der Waals surface area contributed by atoms with Gasteiger partial charge < -0.3 is 10.1 Å². The van der Waals surface area contributed by atoms with E-state index >= 15 is 0 Å². The molecule has 1 N–H and O–H groups in total. The van der Waals surface area contributed by atoms with Crippen LogP contribution in [0.15, 0.2) is 22.7 Å². The molecule has 0 aromatic heterocycles. The molecule has 2 aliphatic rings. The number of rotatable bonds is 7. The number of benzene rings is 1. The number of nitrogens with one attached hydrogen (secondary N) is 1. The van der Waals surface area contributed by atoms with Crippen molar-refractivity contribution in [1.82, 2.24) is 5.32 Å². The van der Waals surface area contributed by atoms with Gasteiger partial charge in [-0.3, -0.25) is 0 Å². The molecule has 0 bridgehead atoms. The molecule has 0 radical (unpaired) electrons. The second kappa shape index (κ2) is 5.72. The van der Waals surface area contributed by atoms with E-state index in [1.54, 1.807) is 0 Å². The molecule has 1 aromatic rings. The van der Waals surface area contributed by atoms with Crippen molar-refractivity contribution in [3.8, 4) is 0 Å². The van der Waals surface area contributed by atoms with Gasteiger partial charge >= 0.3 is 0 Å². The van der Waals surface area contributed by atoms with Gasteiger partial charge in [-0.1, -0.05) is 28.1 Å². The summed E-state index contributed by atoms with van der Waals surface area (Å²) >= 11 is 3.64. The first-order valence-corrected chi connectivity index (χ1v) is 7.69. The van der Waals surface area contributed by atoms with Crippen LogP contribution in [-0.2, 0) is 17.9 Å². The van der Waals surface area contributed by atoms with Crippen molar-refractivity contribution < 1.29 is 4.74 Å². The Morgan fingerprint density at radius 2 is 2.06 bits per heavy atom. The minimum absolute atomic E-state index is 0.730. The van der Waals surface area contributed by atoms with E-state index in [0.29, 0.717) is 0 Å². The lowest BCUT2D eigenvalue weighted by molar-refractivity contribution is 0.111. The summed E-state index contributed by atoms with van der Waals surface area (Å²) in [5.41, 5.74) is 2.60. The highest BCUT2D eigenvalue weighted by atomic mass is 79.9. The van der Waals surface area contributed by atoms with E-state index in [9.17, 15) is 0 Å². The second-order valence-corrected chi connectivity index (χ2v) is 6.39. The Labute approximate surface area is 117 Å². The third kappa shape index (κ3) is 3.81. The largest absolute Gasteiger partial charge is 0.376 e. The first kappa shape index (κ1) is 12.6. The highest BCUT2D eigenvalue weighted by Crippen LogP contribution is 2.29. The molecule has 98 valence electrons. The van der Waals surface area contributed by atoms with Gasteiger partial charge in [0, 0.05) is 23.7 Å². The molecule has 3 rings (SSSR count). The monoisotopic (exact) mass is 309 g/mol. The van der Waals surface area contributed by atoms with Crippen LogP contribution in [0.1, 0.15) is 36.8 Å². The Hall–Kier alpha value is -0.380. The smallest absolute Gasteiger partial charge is 0.0727 e.